The maximum Gasteiger partial charge on any atom is 0.254 e. The Balaban J connectivity index is 1.40. The van der Waals surface area contributed by atoms with E-state index >= 15 is 0 Å². The number of nitrogens with zero attached hydrogens (tertiary/aromatic N) is 4. The van der Waals surface area contributed by atoms with Crippen molar-refractivity contribution >= 4 is 23.4 Å². The Morgan fingerprint density at radius 1 is 1.24 bits per heavy atom. The normalized spacial score (nSPS) is 19.0. The second-order valence-electron chi connectivity index (χ2n) is 7.81. The summed E-state index contributed by atoms with van der Waals surface area (Å²) in [4.78, 5) is 33.8. The maximum absolute atomic E-state index is 14.0. The van der Waals surface area contributed by atoms with Gasteiger partial charge < -0.3 is 9.80 Å². The third-order valence-corrected chi connectivity index (χ3v) is 6.63. The number of carbonyl (C=O) groups is 1. The summed E-state index contributed by atoms with van der Waals surface area (Å²) in [6.45, 7) is 6.34. The van der Waals surface area contributed by atoms with Gasteiger partial charge in [-0.05, 0) is 18.1 Å². The van der Waals surface area contributed by atoms with E-state index in [4.69, 9.17) is 0 Å². The van der Waals surface area contributed by atoms with Crippen LogP contribution in [0.15, 0.2) is 40.3 Å². The third-order valence-electron chi connectivity index (χ3n) is 5.54. The lowest BCUT2D eigenvalue weighted by molar-refractivity contribution is -0.132. The van der Waals surface area contributed by atoms with Gasteiger partial charge in [0.15, 0.2) is 5.16 Å². The van der Waals surface area contributed by atoms with Crippen LogP contribution in [0.4, 0.5) is 10.1 Å². The molecule has 6 nitrogen and oxygen atoms in total. The van der Waals surface area contributed by atoms with Gasteiger partial charge in [0.25, 0.3) is 5.56 Å². The highest BCUT2D eigenvalue weighted by molar-refractivity contribution is 7.99. The van der Waals surface area contributed by atoms with Crippen LogP contribution in [0.5, 0.6) is 0 Å². The molecule has 2 aliphatic heterocycles. The van der Waals surface area contributed by atoms with Crippen LogP contribution >= 0.6 is 11.8 Å². The number of fused-ring (bicyclic) bond motifs is 1. The Morgan fingerprint density at radius 2 is 1.97 bits per heavy atom. The third kappa shape index (κ3) is 4.03. The number of halogens is 1. The van der Waals surface area contributed by atoms with Crippen molar-refractivity contribution in [1.82, 2.24) is 14.5 Å². The number of hydrogen-bond acceptors (Lipinski definition) is 5. The zero-order chi connectivity index (χ0) is 20.5. The number of amides is 1. The fourth-order valence-corrected chi connectivity index (χ4v) is 5.01. The van der Waals surface area contributed by atoms with E-state index in [0.717, 1.165) is 5.69 Å². The first-order valence-corrected chi connectivity index (χ1v) is 11.0. The van der Waals surface area contributed by atoms with E-state index in [1.54, 1.807) is 34.5 Å². The van der Waals surface area contributed by atoms with Crippen molar-refractivity contribution in [1.29, 1.82) is 0 Å². The highest BCUT2D eigenvalue weighted by Gasteiger charge is 2.31. The molecule has 0 bridgehead atoms. The van der Waals surface area contributed by atoms with Crippen LogP contribution in [-0.4, -0.2) is 52.3 Å². The van der Waals surface area contributed by atoms with Crippen LogP contribution in [0.3, 0.4) is 0 Å². The summed E-state index contributed by atoms with van der Waals surface area (Å²) >= 11 is 1.54. The van der Waals surface area contributed by atoms with Crippen LogP contribution in [0.1, 0.15) is 37.9 Å². The number of hydrogen-bond donors (Lipinski definition) is 0. The van der Waals surface area contributed by atoms with E-state index in [-0.39, 0.29) is 29.2 Å². The van der Waals surface area contributed by atoms with E-state index in [9.17, 15) is 14.0 Å². The Bertz CT molecular complexity index is 969. The minimum absolute atomic E-state index is 0.0384. The lowest BCUT2D eigenvalue weighted by Gasteiger charge is -2.36. The summed E-state index contributed by atoms with van der Waals surface area (Å²) in [6.07, 6.45) is 0.294. The second kappa shape index (κ2) is 8.18. The number of thioether (sulfide) groups is 1. The molecule has 3 heterocycles. The van der Waals surface area contributed by atoms with Crippen LogP contribution in [0, 0.1) is 5.82 Å². The topological polar surface area (TPSA) is 58.4 Å². The van der Waals surface area contributed by atoms with E-state index in [0.29, 0.717) is 49.2 Å². The van der Waals surface area contributed by atoms with Gasteiger partial charge >= 0.3 is 0 Å². The van der Waals surface area contributed by atoms with Crippen LogP contribution < -0.4 is 10.5 Å². The first-order valence-electron chi connectivity index (χ1n) is 9.97. The molecule has 0 saturated carbocycles. The molecule has 1 unspecified atom stereocenters. The Kier molecular flexibility index (Phi) is 5.63. The molecule has 1 saturated heterocycles. The van der Waals surface area contributed by atoms with Crippen molar-refractivity contribution in [3.8, 4) is 0 Å². The fraction of sp³-hybridized carbons (Fsp3) is 0.476. The molecular weight excluding hydrogens is 391 g/mol. The number of anilines is 1. The molecule has 1 aromatic heterocycles. The zero-order valence-electron chi connectivity index (χ0n) is 16.7. The molecule has 1 atom stereocenters. The van der Waals surface area contributed by atoms with Gasteiger partial charge in [0.05, 0.1) is 17.4 Å². The van der Waals surface area contributed by atoms with Crippen LogP contribution in [0.2, 0.25) is 0 Å². The van der Waals surface area contributed by atoms with E-state index in [1.807, 2.05) is 29.7 Å². The second-order valence-corrected chi connectivity index (χ2v) is 8.80. The number of benzene rings is 1. The van der Waals surface area contributed by atoms with Crippen molar-refractivity contribution in [3.63, 3.8) is 0 Å². The molecule has 0 N–H and O–H groups in total. The highest BCUT2D eigenvalue weighted by atomic mass is 32.2. The maximum atomic E-state index is 14.0. The summed E-state index contributed by atoms with van der Waals surface area (Å²) in [5.41, 5.74) is 1.30. The fourth-order valence-electron chi connectivity index (χ4n) is 3.85. The molecule has 8 heteroatoms. The Morgan fingerprint density at radius 3 is 2.66 bits per heavy atom. The minimum atomic E-state index is -0.237. The molecule has 2 aliphatic rings. The smallest absolute Gasteiger partial charge is 0.254 e. The molecule has 1 amide bonds. The standard InChI is InChI=1S/C21H25FN4O2S/c1-14(2)17-12-20(28)26-15(13-29-21(26)23-17)11-19(27)25-9-7-24(8-10-25)18-6-4-3-5-16(18)22/h3-6,12,14-15H,7-11,13H2,1-2H3. The average molecular weight is 417 g/mol. The molecule has 29 heavy (non-hydrogen) atoms. The van der Waals surface area contributed by atoms with Crippen molar-refractivity contribution in [2.24, 2.45) is 0 Å². The minimum Gasteiger partial charge on any atom is -0.366 e. The molecule has 0 radical (unpaired) electrons. The van der Waals surface area contributed by atoms with Gasteiger partial charge in [-0.3, -0.25) is 14.2 Å². The predicted molar refractivity (Wildman–Crippen MR) is 112 cm³/mol. The molecule has 154 valence electrons. The van der Waals surface area contributed by atoms with Gasteiger partial charge in [-0.1, -0.05) is 37.7 Å². The van der Waals surface area contributed by atoms with Crippen molar-refractivity contribution < 1.29 is 9.18 Å². The van der Waals surface area contributed by atoms with Gasteiger partial charge in [-0.15, -0.1) is 0 Å². The van der Waals surface area contributed by atoms with E-state index in [1.165, 1.54) is 6.07 Å². The van der Waals surface area contributed by atoms with Crippen molar-refractivity contribution in [2.45, 2.75) is 37.4 Å². The Labute approximate surface area is 173 Å². The summed E-state index contributed by atoms with van der Waals surface area (Å²) in [5.74, 6) is 0.682. The van der Waals surface area contributed by atoms with Gasteiger partial charge in [-0.25, -0.2) is 9.37 Å². The van der Waals surface area contributed by atoms with Crippen molar-refractivity contribution in [2.75, 3.05) is 36.8 Å². The summed E-state index contributed by atoms with van der Waals surface area (Å²) < 4.78 is 15.7. The lowest BCUT2D eigenvalue weighted by atomic mass is 10.1. The number of rotatable bonds is 4. The van der Waals surface area contributed by atoms with E-state index < -0.39 is 0 Å². The number of aromatic nitrogens is 2. The van der Waals surface area contributed by atoms with Gasteiger partial charge in [0.2, 0.25) is 5.91 Å². The molecule has 0 aliphatic carbocycles. The number of para-hydroxylation sites is 1. The Hall–Kier alpha value is -2.35. The van der Waals surface area contributed by atoms with Gasteiger partial charge in [0.1, 0.15) is 5.82 Å². The zero-order valence-corrected chi connectivity index (χ0v) is 17.5. The quantitative estimate of drug-likeness (QED) is 0.718. The first-order chi connectivity index (χ1) is 13.9. The first kappa shape index (κ1) is 19.9. The molecule has 4 rings (SSSR count). The molecule has 1 aromatic carbocycles. The van der Waals surface area contributed by atoms with Crippen molar-refractivity contribution in [3.05, 3.63) is 52.2 Å². The average Bonchev–Trinajstić information content (AvgIpc) is 3.11. The molecule has 0 spiro atoms. The van der Waals surface area contributed by atoms with Gasteiger partial charge in [-0.2, -0.15) is 0 Å². The van der Waals surface area contributed by atoms with Crippen LogP contribution in [0.25, 0.3) is 0 Å². The lowest BCUT2D eigenvalue weighted by Crippen LogP contribution is -2.49. The largest absolute Gasteiger partial charge is 0.366 e. The monoisotopic (exact) mass is 416 g/mol. The van der Waals surface area contributed by atoms with E-state index in [2.05, 4.69) is 4.98 Å². The van der Waals surface area contributed by atoms with Crippen LogP contribution in [-0.2, 0) is 4.79 Å². The molecule has 2 aromatic rings. The highest BCUT2D eigenvalue weighted by Crippen LogP contribution is 2.33. The summed E-state index contributed by atoms with van der Waals surface area (Å²) in [6, 6.07) is 8.15. The molecular formula is C21H25FN4O2S. The summed E-state index contributed by atoms with van der Waals surface area (Å²) in [5, 5.41) is 0.711. The number of piperazine rings is 1. The SMILES string of the molecule is CC(C)c1cc(=O)n2c(n1)SCC2CC(=O)N1CCN(c2ccccc2F)CC1. The predicted octanol–water partition coefficient (Wildman–Crippen LogP) is 2.89. The summed E-state index contributed by atoms with van der Waals surface area (Å²) in [7, 11) is 0. The number of carbonyl (C=O) groups excluding carboxylic acids is 1. The molecule has 1 fully saturated rings. The van der Waals surface area contributed by atoms with Gasteiger partial charge in [0, 0.05) is 44.4 Å².